The van der Waals surface area contributed by atoms with E-state index in [0.29, 0.717) is 37.4 Å². The highest BCUT2D eigenvalue weighted by Gasteiger charge is 2.27. The quantitative estimate of drug-likeness (QED) is 0.621. The van der Waals surface area contributed by atoms with Gasteiger partial charge in [-0.15, -0.1) is 0 Å². The van der Waals surface area contributed by atoms with Gasteiger partial charge in [0.25, 0.3) is 0 Å². The van der Waals surface area contributed by atoms with Crippen LogP contribution < -0.4 is 9.64 Å². The molecule has 7 nitrogen and oxygen atoms in total. The van der Waals surface area contributed by atoms with Crippen LogP contribution in [0.5, 0.6) is 5.75 Å². The normalized spacial score (nSPS) is 17.7. The topological polar surface area (TPSA) is 70.2 Å². The zero-order valence-corrected chi connectivity index (χ0v) is 20.1. The van der Waals surface area contributed by atoms with Crippen LogP contribution in [-0.2, 0) is 21.2 Å². The molecular formula is C25H33N3O4S. The highest BCUT2D eigenvalue weighted by molar-refractivity contribution is 7.89. The molecule has 2 aliphatic heterocycles. The standard InChI is InChI=1S/C25H33N3O4S/c1-32-23-10-8-22(9-11-23)26-15-4-16-27(20-19-26)25(29)14-7-21-5-12-24(13-6-21)33(30,31)28-17-2-3-18-28/h5-6,8-13H,2-4,7,14-20H2,1H3. The molecule has 0 aromatic heterocycles. The molecule has 178 valence electrons. The van der Waals surface area contributed by atoms with Crippen molar-refractivity contribution in [1.82, 2.24) is 9.21 Å². The van der Waals surface area contributed by atoms with Crippen molar-refractivity contribution in [3.63, 3.8) is 0 Å². The minimum Gasteiger partial charge on any atom is -0.497 e. The van der Waals surface area contributed by atoms with Gasteiger partial charge in [0.2, 0.25) is 15.9 Å². The summed E-state index contributed by atoms with van der Waals surface area (Å²) in [6, 6.07) is 15.1. The van der Waals surface area contributed by atoms with Gasteiger partial charge in [0.05, 0.1) is 12.0 Å². The highest BCUT2D eigenvalue weighted by atomic mass is 32.2. The van der Waals surface area contributed by atoms with Crippen LogP contribution in [0.1, 0.15) is 31.2 Å². The van der Waals surface area contributed by atoms with Crippen molar-refractivity contribution >= 4 is 21.6 Å². The number of sulfonamides is 1. The smallest absolute Gasteiger partial charge is 0.243 e. The molecule has 0 aliphatic carbocycles. The van der Waals surface area contributed by atoms with Crippen LogP contribution in [-0.4, -0.2) is 69.9 Å². The van der Waals surface area contributed by atoms with Gasteiger partial charge in [0.15, 0.2) is 0 Å². The molecule has 0 radical (unpaired) electrons. The lowest BCUT2D eigenvalue weighted by atomic mass is 10.1. The lowest BCUT2D eigenvalue weighted by Crippen LogP contribution is -2.35. The summed E-state index contributed by atoms with van der Waals surface area (Å²) in [4.78, 5) is 17.4. The number of aryl methyl sites for hydroxylation is 1. The van der Waals surface area contributed by atoms with Crippen LogP contribution in [0.3, 0.4) is 0 Å². The first-order chi connectivity index (χ1) is 16.0. The number of carbonyl (C=O) groups excluding carboxylic acids is 1. The summed E-state index contributed by atoms with van der Waals surface area (Å²) in [5, 5.41) is 0. The Kier molecular flexibility index (Phi) is 7.55. The number of carbonyl (C=O) groups is 1. The van der Waals surface area contributed by atoms with Gasteiger partial charge in [0, 0.05) is 51.4 Å². The van der Waals surface area contributed by atoms with E-state index in [2.05, 4.69) is 17.0 Å². The first-order valence-electron chi connectivity index (χ1n) is 11.7. The van der Waals surface area contributed by atoms with Gasteiger partial charge >= 0.3 is 0 Å². The van der Waals surface area contributed by atoms with Crippen molar-refractivity contribution < 1.29 is 17.9 Å². The molecule has 2 aromatic carbocycles. The van der Waals surface area contributed by atoms with Crippen LogP contribution in [0.15, 0.2) is 53.4 Å². The van der Waals surface area contributed by atoms with Crippen LogP contribution in [0.2, 0.25) is 0 Å². The molecule has 2 heterocycles. The first kappa shape index (κ1) is 23.6. The third kappa shape index (κ3) is 5.68. The summed E-state index contributed by atoms with van der Waals surface area (Å²) in [7, 11) is -1.73. The van der Waals surface area contributed by atoms with E-state index in [4.69, 9.17) is 4.74 Å². The Morgan fingerprint density at radius 1 is 0.848 bits per heavy atom. The second kappa shape index (κ2) is 10.6. The van der Waals surface area contributed by atoms with Gasteiger partial charge < -0.3 is 14.5 Å². The predicted octanol–water partition coefficient (Wildman–Crippen LogP) is 3.15. The number of rotatable bonds is 7. The highest BCUT2D eigenvalue weighted by Crippen LogP contribution is 2.22. The zero-order valence-electron chi connectivity index (χ0n) is 19.3. The molecule has 2 fully saturated rings. The van der Waals surface area contributed by atoms with Crippen molar-refractivity contribution in [3.8, 4) is 5.75 Å². The molecule has 0 atom stereocenters. The van der Waals surface area contributed by atoms with Crippen molar-refractivity contribution in [2.75, 3.05) is 51.3 Å². The predicted molar refractivity (Wildman–Crippen MR) is 129 cm³/mol. The SMILES string of the molecule is COc1ccc(N2CCCN(C(=O)CCc3ccc(S(=O)(=O)N4CCCC4)cc3)CC2)cc1. The molecule has 2 aromatic rings. The van der Waals surface area contributed by atoms with Crippen molar-refractivity contribution in [3.05, 3.63) is 54.1 Å². The summed E-state index contributed by atoms with van der Waals surface area (Å²) in [6.45, 7) is 4.40. The maximum Gasteiger partial charge on any atom is 0.243 e. The number of methoxy groups -OCH3 is 1. The fourth-order valence-electron chi connectivity index (χ4n) is 4.53. The van der Waals surface area contributed by atoms with Gasteiger partial charge in [-0.2, -0.15) is 4.31 Å². The van der Waals surface area contributed by atoms with E-state index in [1.807, 2.05) is 29.2 Å². The van der Waals surface area contributed by atoms with E-state index < -0.39 is 10.0 Å². The summed E-state index contributed by atoms with van der Waals surface area (Å²) in [5.41, 5.74) is 2.13. The monoisotopic (exact) mass is 471 g/mol. The zero-order chi connectivity index (χ0) is 23.3. The molecule has 33 heavy (non-hydrogen) atoms. The van der Waals surface area contributed by atoms with E-state index in [0.717, 1.165) is 55.9 Å². The average Bonchev–Trinajstić information content (AvgIpc) is 3.29. The fraction of sp³-hybridized carbons (Fsp3) is 0.480. The van der Waals surface area contributed by atoms with Gasteiger partial charge in [-0.3, -0.25) is 4.79 Å². The molecule has 0 bridgehead atoms. The minimum absolute atomic E-state index is 0.153. The third-order valence-corrected chi connectivity index (χ3v) is 8.45. The average molecular weight is 472 g/mol. The molecule has 8 heteroatoms. The van der Waals surface area contributed by atoms with Gasteiger partial charge in [-0.05, 0) is 67.6 Å². The van der Waals surface area contributed by atoms with Crippen molar-refractivity contribution in [1.29, 1.82) is 0 Å². The largest absolute Gasteiger partial charge is 0.497 e. The number of nitrogens with zero attached hydrogens (tertiary/aromatic N) is 3. The summed E-state index contributed by atoms with van der Waals surface area (Å²) in [6.07, 6.45) is 3.82. The molecule has 0 unspecified atom stereocenters. The first-order valence-corrected chi connectivity index (χ1v) is 13.2. The van der Waals surface area contributed by atoms with Crippen LogP contribution in [0.4, 0.5) is 5.69 Å². The Labute approximate surface area is 197 Å². The molecule has 0 spiro atoms. The number of ether oxygens (including phenoxy) is 1. The Bertz CT molecular complexity index is 1030. The number of anilines is 1. The third-order valence-electron chi connectivity index (χ3n) is 6.54. The second-order valence-electron chi connectivity index (χ2n) is 8.67. The number of hydrogen-bond donors (Lipinski definition) is 0. The van der Waals surface area contributed by atoms with Crippen LogP contribution >= 0.6 is 0 Å². The molecule has 0 saturated carbocycles. The molecular weight excluding hydrogens is 438 g/mol. The van der Waals surface area contributed by atoms with Crippen LogP contribution in [0, 0.1) is 0 Å². The Balaban J connectivity index is 1.28. The summed E-state index contributed by atoms with van der Waals surface area (Å²) >= 11 is 0. The maximum atomic E-state index is 12.8. The number of benzene rings is 2. The van der Waals surface area contributed by atoms with Crippen LogP contribution in [0.25, 0.3) is 0 Å². The molecule has 0 N–H and O–H groups in total. The van der Waals surface area contributed by atoms with Crippen molar-refractivity contribution in [2.45, 2.75) is 37.0 Å². The fourth-order valence-corrected chi connectivity index (χ4v) is 6.05. The Morgan fingerprint density at radius 3 is 2.21 bits per heavy atom. The molecule has 2 saturated heterocycles. The Morgan fingerprint density at radius 2 is 1.55 bits per heavy atom. The van der Waals surface area contributed by atoms with E-state index in [1.165, 1.54) is 0 Å². The maximum absolute atomic E-state index is 12.8. The number of amides is 1. The molecule has 2 aliphatic rings. The van der Waals surface area contributed by atoms with E-state index in [1.54, 1.807) is 23.5 Å². The van der Waals surface area contributed by atoms with Gasteiger partial charge in [-0.1, -0.05) is 12.1 Å². The molecule has 4 rings (SSSR count). The van der Waals surface area contributed by atoms with E-state index in [-0.39, 0.29) is 5.91 Å². The molecule has 1 amide bonds. The van der Waals surface area contributed by atoms with Gasteiger partial charge in [0.1, 0.15) is 5.75 Å². The summed E-state index contributed by atoms with van der Waals surface area (Å²) < 4.78 is 32.1. The number of hydrogen-bond acceptors (Lipinski definition) is 5. The minimum atomic E-state index is -3.39. The second-order valence-corrected chi connectivity index (χ2v) is 10.6. The van der Waals surface area contributed by atoms with Crippen molar-refractivity contribution in [2.24, 2.45) is 0 Å². The lowest BCUT2D eigenvalue weighted by molar-refractivity contribution is -0.130. The Hall–Kier alpha value is -2.58. The van der Waals surface area contributed by atoms with Gasteiger partial charge in [-0.25, -0.2) is 8.42 Å². The van der Waals surface area contributed by atoms with E-state index in [9.17, 15) is 13.2 Å². The van der Waals surface area contributed by atoms with E-state index >= 15 is 0 Å². The lowest BCUT2D eigenvalue weighted by Gasteiger charge is -2.24. The summed E-state index contributed by atoms with van der Waals surface area (Å²) in [5.74, 6) is 0.993.